The van der Waals surface area contributed by atoms with Gasteiger partial charge < -0.3 is 4.42 Å². The smallest absolute Gasteiger partial charge is 0.164 e. The molecule has 0 saturated carbocycles. The van der Waals surface area contributed by atoms with E-state index in [-0.39, 0.29) is 0 Å². The third-order valence-corrected chi connectivity index (χ3v) is 12.7. The molecule has 0 unspecified atom stereocenters. The minimum absolute atomic E-state index is 0.589. The zero-order chi connectivity index (χ0) is 39.6. The number of hydrogen-bond donors (Lipinski definition) is 0. The summed E-state index contributed by atoms with van der Waals surface area (Å²) in [5.41, 5.74) is 11.2. The van der Waals surface area contributed by atoms with E-state index in [9.17, 15) is 0 Å². The molecule has 0 spiro atoms. The Bertz CT molecular complexity index is 3610. The van der Waals surface area contributed by atoms with E-state index in [0.717, 1.165) is 71.8 Å². The minimum atomic E-state index is 0.589. The minimum Gasteiger partial charge on any atom is -0.456 e. The average Bonchev–Trinajstić information content (AvgIpc) is 3.91. The Morgan fingerprint density at radius 3 is 1.67 bits per heavy atom. The summed E-state index contributed by atoms with van der Waals surface area (Å²) < 4.78 is 9.06. The lowest BCUT2D eigenvalue weighted by Gasteiger charge is -2.12. The monoisotopic (exact) mass is 783 g/mol. The highest BCUT2D eigenvalue weighted by atomic mass is 32.1. The van der Waals surface area contributed by atoms with Crippen molar-refractivity contribution < 1.29 is 4.42 Å². The van der Waals surface area contributed by atoms with Crippen molar-refractivity contribution in [3.8, 4) is 67.5 Å². The van der Waals surface area contributed by atoms with Crippen LogP contribution in [0.2, 0.25) is 0 Å². The van der Waals surface area contributed by atoms with E-state index in [4.69, 9.17) is 19.4 Å². The van der Waals surface area contributed by atoms with Crippen LogP contribution in [0.15, 0.2) is 205 Å². The topological polar surface area (TPSA) is 51.8 Å². The van der Waals surface area contributed by atoms with Crippen molar-refractivity contribution in [3.05, 3.63) is 200 Å². The second-order valence-corrected chi connectivity index (χ2v) is 16.2. The highest BCUT2D eigenvalue weighted by molar-refractivity contribution is 7.25. The van der Waals surface area contributed by atoms with Gasteiger partial charge in [0.05, 0.1) is 0 Å². The fraction of sp³-hybridized carbons (Fsp3) is 0. The molecule has 60 heavy (non-hydrogen) atoms. The molecule has 0 atom stereocenters. The number of furan rings is 1. The van der Waals surface area contributed by atoms with E-state index in [0.29, 0.717) is 17.5 Å². The number of nitrogens with zero attached hydrogens (tertiary/aromatic N) is 3. The van der Waals surface area contributed by atoms with E-state index in [1.165, 1.54) is 31.1 Å². The van der Waals surface area contributed by atoms with Gasteiger partial charge in [0.25, 0.3) is 0 Å². The molecular formula is C55H33N3OS. The van der Waals surface area contributed by atoms with Crippen LogP contribution >= 0.6 is 11.3 Å². The lowest BCUT2D eigenvalue weighted by atomic mass is 9.94. The number of aromatic nitrogens is 3. The molecular weight excluding hydrogens is 751 g/mol. The first-order valence-corrected chi connectivity index (χ1v) is 20.9. The van der Waals surface area contributed by atoms with Gasteiger partial charge in [-0.1, -0.05) is 164 Å². The van der Waals surface area contributed by atoms with Gasteiger partial charge in [0, 0.05) is 47.6 Å². The van der Waals surface area contributed by atoms with Gasteiger partial charge in [-0.05, 0) is 80.6 Å². The van der Waals surface area contributed by atoms with E-state index in [1.807, 2.05) is 18.2 Å². The Morgan fingerprint density at radius 1 is 0.317 bits per heavy atom. The molecule has 0 bridgehead atoms. The molecule has 0 saturated heterocycles. The Morgan fingerprint density at radius 2 is 0.850 bits per heavy atom. The molecule has 3 heterocycles. The molecule has 0 amide bonds. The van der Waals surface area contributed by atoms with Crippen LogP contribution in [-0.2, 0) is 0 Å². The summed E-state index contributed by atoms with van der Waals surface area (Å²) in [4.78, 5) is 15.9. The number of thiophene rings is 1. The van der Waals surface area contributed by atoms with Gasteiger partial charge in [0.2, 0.25) is 0 Å². The third-order valence-electron chi connectivity index (χ3n) is 11.5. The van der Waals surface area contributed by atoms with Crippen molar-refractivity contribution >= 4 is 64.2 Å². The Balaban J connectivity index is 1.07. The van der Waals surface area contributed by atoms with Crippen LogP contribution in [0, 0.1) is 0 Å². The Hall–Kier alpha value is -7.73. The Kier molecular flexibility index (Phi) is 8.00. The third kappa shape index (κ3) is 5.78. The van der Waals surface area contributed by atoms with Gasteiger partial charge in [-0.3, -0.25) is 0 Å². The normalized spacial score (nSPS) is 11.7. The quantitative estimate of drug-likeness (QED) is 0.169. The van der Waals surface area contributed by atoms with Crippen LogP contribution in [0.25, 0.3) is 120 Å². The molecule has 0 fully saturated rings. The van der Waals surface area contributed by atoms with Crippen LogP contribution in [0.3, 0.4) is 0 Å². The molecule has 12 rings (SSSR count). The van der Waals surface area contributed by atoms with Gasteiger partial charge >= 0.3 is 0 Å². The predicted octanol–water partition coefficient (Wildman–Crippen LogP) is 15.3. The number of rotatable bonds is 6. The van der Waals surface area contributed by atoms with Crippen LogP contribution < -0.4 is 0 Å². The van der Waals surface area contributed by atoms with Crippen LogP contribution in [0.1, 0.15) is 0 Å². The highest BCUT2D eigenvalue weighted by Gasteiger charge is 2.22. The highest BCUT2D eigenvalue weighted by Crippen LogP contribution is 2.43. The van der Waals surface area contributed by atoms with Crippen LogP contribution in [-0.4, -0.2) is 15.0 Å². The predicted molar refractivity (Wildman–Crippen MR) is 250 cm³/mol. The van der Waals surface area contributed by atoms with Gasteiger partial charge in [0.1, 0.15) is 11.2 Å². The summed E-state index contributed by atoms with van der Waals surface area (Å²) in [6.45, 7) is 0. The van der Waals surface area contributed by atoms with Crippen molar-refractivity contribution in [1.29, 1.82) is 0 Å². The summed E-state index contributed by atoms with van der Waals surface area (Å²) >= 11 is 1.79. The average molecular weight is 784 g/mol. The first-order valence-electron chi connectivity index (χ1n) is 20.1. The summed E-state index contributed by atoms with van der Waals surface area (Å²) in [5.74, 6) is 1.83. The zero-order valence-corrected chi connectivity index (χ0v) is 33.0. The summed E-state index contributed by atoms with van der Waals surface area (Å²) in [5, 5.41) is 6.80. The maximum absolute atomic E-state index is 6.63. The molecule has 5 heteroatoms. The Labute approximate surface area is 349 Å². The van der Waals surface area contributed by atoms with E-state index < -0.39 is 0 Å². The molecule has 3 aromatic heterocycles. The van der Waals surface area contributed by atoms with E-state index in [2.05, 4.69) is 182 Å². The molecule has 280 valence electrons. The molecule has 12 aromatic rings. The second-order valence-electron chi connectivity index (χ2n) is 15.1. The maximum atomic E-state index is 6.63. The summed E-state index contributed by atoms with van der Waals surface area (Å²) in [7, 11) is 0. The fourth-order valence-electron chi connectivity index (χ4n) is 8.68. The zero-order valence-electron chi connectivity index (χ0n) is 32.2. The molecule has 4 nitrogen and oxygen atoms in total. The number of hydrogen-bond acceptors (Lipinski definition) is 5. The maximum Gasteiger partial charge on any atom is 0.164 e. The van der Waals surface area contributed by atoms with Gasteiger partial charge in [-0.25, -0.2) is 15.0 Å². The van der Waals surface area contributed by atoms with Crippen molar-refractivity contribution in [2.75, 3.05) is 0 Å². The van der Waals surface area contributed by atoms with Crippen molar-refractivity contribution in [3.63, 3.8) is 0 Å². The molecule has 0 aliphatic carbocycles. The standard InChI is InChI=1S/C55H33N3OS/c1-2-12-34(13-3-1)39-16-8-17-41(33-39)42-19-9-22-46-51(42)52-45(20-10-23-47(52)59-46)55-57-53(37-29-26-36(27-30-37)40-31-28-35-14-4-5-15-38(35)32-40)56-54(58-55)44-21-11-25-49-50(44)43-18-6-7-24-48(43)60-49/h1-33H. The molecule has 0 N–H and O–H groups in total. The molecule has 0 radical (unpaired) electrons. The van der Waals surface area contributed by atoms with Crippen molar-refractivity contribution in [2.45, 2.75) is 0 Å². The lowest BCUT2D eigenvalue weighted by molar-refractivity contribution is 0.669. The first-order chi connectivity index (χ1) is 29.7. The summed E-state index contributed by atoms with van der Waals surface area (Å²) in [6, 6.07) is 70.4. The molecule has 0 aliphatic rings. The second kappa shape index (κ2) is 14.0. The lowest BCUT2D eigenvalue weighted by Crippen LogP contribution is -2.01. The van der Waals surface area contributed by atoms with Gasteiger partial charge in [-0.2, -0.15) is 0 Å². The van der Waals surface area contributed by atoms with Crippen LogP contribution in [0.4, 0.5) is 0 Å². The van der Waals surface area contributed by atoms with Gasteiger partial charge in [0.15, 0.2) is 17.5 Å². The van der Waals surface area contributed by atoms with E-state index >= 15 is 0 Å². The number of benzene rings is 9. The largest absolute Gasteiger partial charge is 0.456 e. The molecule has 9 aromatic carbocycles. The van der Waals surface area contributed by atoms with Crippen molar-refractivity contribution in [1.82, 2.24) is 15.0 Å². The van der Waals surface area contributed by atoms with Crippen molar-refractivity contribution in [2.24, 2.45) is 0 Å². The van der Waals surface area contributed by atoms with E-state index in [1.54, 1.807) is 11.3 Å². The first kappa shape index (κ1) is 34.3. The van der Waals surface area contributed by atoms with Gasteiger partial charge in [-0.15, -0.1) is 11.3 Å². The van der Waals surface area contributed by atoms with Crippen LogP contribution in [0.5, 0.6) is 0 Å². The molecule has 0 aliphatic heterocycles. The fourth-order valence-corrected chi connectivity index (χ4v) is 9.81. The number of fused-ring (bicyclic) bond motifs is 7. The summed E-state index contributed by atoms with van der Waals surface area (Å²) in [6.07, 6.45) is 0. The SMILES string of the molecule is c1ccc(-c2cccc(-c3cccc4oc5cccc(-c6nc(-c7ccc(-c8ccc9ccccc9c8)cc7)nc(-c7cccc8sc9ccccc9c78)n6)c5c34)c2)cc1.